The maximum absolute atomic E-state index is 5.31. The van der Waals surface area contributed by atoms with Crippen LogP contribution in [0.5, 0.6) is 0 Å². The van der Waals surface area contributed by atoms with Gasteiger partial charge in [-0.15, -0.1) is 11.3 Å². The molecule has 1 aromatic rings. The smallest absolute Gasteiger partial charge is 0.0477 e. The van der Waals surface area contributed by atoms with Crippen LogP contribution in [0.2, 0.25) is 0 Å². The third kappa shape index (κ3) is 6.50. The van der Waals surface area contributed by atoms with Crippen LogP contribution in [0, 0.1) is 0 Å². The first-order chi connectivity index (χ1) is 8.74. The van der Waals surface area contributed by atoms with Crippen LogP contribution in [0.25, 0.3) is 0 Å². The molecule has 104 valence electrons. The van der Waals surface area contributed by atoms with Crippen LogP contribution in [0.4, 0.5) is 0 Å². The summed E-state index contributed by atoms with van der Waals surface area (Å²) in [6.45, 7) is 9.10. The van der Waals surface area contributed by atoms with Crippen LogP contribution < -0.4 is 5.32 Å². The Hall–Kier alpha value is -0.420. The molecule has 3 nitrogen and oxygen atoms in total. The highest BCUT2D eigenvalue weighted by atomic mass is 32.1. The summed E-state index contributed by atoms with van der Waals surface area (Å²) in [5.41, 5.74) is 0. The van der Waals surface area contributed by atoms with E-state index in [0.717, 1.165) is 39.3 Å². The predicted molar refractivity (Wildman–Crippen MR) is 79.2 cm³/mol. The Morgan fingerprint density at radius 2 is 2.33 bits per heavy atom. The first-order valence-corrected chi connectivity index (χ1v) is 7.63. The number of ether oxygens (including phenoxy) is 1. The van der Waals surface area contributed by atoms with Gasteiger partial charge in [-0.3, -0.25) is 4.90 Å². The van der Waals surface area contributed by atoms with E-state index in [2.05, 4.69) is 41.7 Å². The van der Waals surface area contributed by atoms with E-state index in [1.54, 1.807) is 0 Å². The van der Waals surface area contributed by atoms with Crippen molar-refractivity contribution in [2.45, 2.75) is 32.9 Å². The Bertz CT molecular complexity index is 290. The molecular formula is C14H26N2OS. The molecule has 0 aliphatic carbocycles. The monoisotopic (exact) mass is 270 g/mol. The van der Waals surface area contributed by atoms with E-state index in [0.29, 0.717) is 6.04 Å². The van der Waals surface area contributed by atoms with Gasteiger partial charge in [0.2, 0.25) is 0 Å². The molecule has 0 bridgehead atoms. The van der Waals surface area contributed by atoms with Crippen molar-refractivity contribution in [3.63, 3.8) is 0 Å². The lowest BCUT2D eigenvalue weighted by Gasteiger charge is -2.24. The molecule has 0 amide bonds. The zero-order valence-electron chi connectivity index (χ0n) is 11.8. The summed E-state index contributed by atoms with van der Waals surface area (Å²) in [6, 6.07) is 4.87. The molecule has 1 heterocycles. The van der Waals surface area contributed by atoms with E-state index in [4.69, 9.17) is 4.74 Å². The second kappa shape index (κ2) is 9.50. The molecule has 0 saturated heterocycles. The van der Waals surface area contributed by atoms with Gasteiger partial charge in [-0.1, -0.05) is 6.07 Å². The van der Waals surface area contributed by atoms with Gasteiger partial charge in [-0.2, -0.15) is 0 Å². The Balaban J connectivity index is 2.06. The van der Waals surface area contributed by atoms with E-state index in [-0.39, 0.29) is 0 Å². The summed E-state index contributed by atoms with van der Waals surface area (Å²) in [6.07, 6.45) is 1.09. The minimum Gasteiger partial charge on any atom is -0.382 e. The van der Waals surface area contributed by atoms with Crippen LogP contribution >= 0.6 is 11.3 Å². The van der Waals surface area contributed by atoms with Crippen LogP contribution in [0.1, 0.15) is 25.1 Å². The fourth-order valence-corrected chi connectivity index (χ4v) is 2.48. The second-order valence-electron chi connectivity index (χ2n) is 4.60. The number of hydrogen-bond donors (Lipinski definition) is 1. The maximum atomic E-state index is 5.31. The molecule has 1 unspecified atom stereocenters. The highest BCUT2D eigenvalue weighted by Gasteiger charge is 2.09. The first kappa shape index (κ1) is 15.6. The van der Waals surface area contributed by atoms with Crippen molar-refractivity contribution in [3.05, 3.63) is 22.4 Å². The van der Waals surface area contributed by atoms with Gasteiger partial charge in [-0.25, -0.2) is 0 Å². The summed E-state index contributed by atoms with van der Waals surface area (Å²) in [5.74, 6) is 0. The van der Waals surface area contributed by atoms with Crippen LogP contribution in [-0.4, -0.2) is 44.3 Å². The number of nitrogens with zero attached hydrogens (tertiary/aromatic N) is 1. The number of rotatable bonds is 10. The fraction of sp³-hybridized carbons (Fsp3) is 0.714. The minimum atomic E-state index is 0.555. The van der Waals surface area contributed by atoms with Crippen molar-refractivity contribution in [3.8, 4) is 0 Å². The summed E-state index contributed by atoms with van der Waals surface area (Å²) >= 11 is 1.83. The van der Waals surface area contributed by atoms with E-state index < -0.39 is 0 Å². The number of nitrogens with one attached hydrogen (secondary N) is 1. The molecule has 18 heavy (non-hydrogen) atoms. The molecule has 0 aliphatic heterocycles. The van der Waals surface area contributed by atoms with E-state index in [9.17, 15) is 0 Å². The predicted octanol–water partition coefficient (Wildman–Crippen LogP) is 2.58. The Kier molecular flexibility index (Phi) is 8.25. The zero-order valence-corrected chi connectivity index (χ0v) is 12.6. The van der Waals surface area contributed by atoms with E-state index >= 15 is 0 Å². The number of thiophene rings is 1. The van der Waals surface area contributed by atoms with Crippen LogP contribution in [-0.2, 0) is 11.3 Å². The zero-order chi connectivity index (χ0) is 13.2. The van der Waals surface area contributed by atoms with Gasteiger partial charge in [0, 0.05) is 37.2 Å². The van der Waals surface area contributed by atoms with Gasteiger partial charge in [0.05, 0.1) is 0 Å². The molecular weight excluding hydrogens is 244 g/mol. The maximum Gasteiger partial charge on any atom is 0.0477 e. The summed E-state index contributed by atoms with van der Waals surface area (Å²) < 4.78 is 5.31. The quantitative estimate of drug-likeness (QED) is 0.661. The van der Waals surface area contributed by atoms with Crippen molar-refractivity contribution in [1.82, 2.24) is 10.2 Å². The van der Waals surface area contributed by atoms with Crippen molar-refractivity contribution in [2.75, 3.05) is 33.4 Å². The molecule has 1 aromatic heterocycles. The van der Waals surface area contributed by atoms with Crippen molar-refractivity contribution in [1.29, 1.82) is 0 Å². The molecule has 1 atom stereocenters. The van der Waals surface area contributed by atoms with E-state index in [1.165, 1.54) is 4.88 Å². The fourth-order valence-electron chi connectivity index (χ4n) is 1.71. The molecule has 0 aliphatic rings. The van der Waals surface area contributed by atoms with E-state index in [1.807, 2.05) is 18.3 Å². The highest BCUT2D eigenvalue weighted by Crippen LogP contribution is 2.12. The molecule has 0 saturated carbocycles. The molecule has 0 radical (unpaired) electrons. The van der Waals surface area contributed by atoms with Gasteiger partial charge in [0.1, 0.15) is 0 Å². The van der Waals surface area contributed by atoms with Gasteiger partial charge in [0.15, 0.2) is 0 Å². The van der Waals surface area contributed by atoms with Gasteiger partial charge < -0.3 is 10.1 Å². The topological polar surface area (TPSA) is 24.5 Å². The molecule has 0 aromatic carbocycles. The van der Waals surface area contributed by atoms with Crippen molar-refractivity contribution in [2.24, 2.45) is 0 Å². The SMILES string of the molecule is CCOCCCNCC(C)N(C)Cc1cccs1. The normalized spacial score (nSPS) is 13.1. The average molecular weight is 270 g/mol. The third-order valence-electron chi connectivity index (χ3n) is 3.02. The molecule has 0 fully saturated rings. The second-order valence-corrected chi connectivity index (χ2v) is 5.63. The standard InChI is InChI=1S/C14H26N2OS/c1-4-17-9-6-8-15-11-13(2)16(3)12-14-7-5-10-18-14/h5,7,10,13,15H,4,6,8-9,11-12H2,1-3H3. The third-order valence-corrected chi connectivity index (χ3v) is 3.89. The van der Waals surface area contributed by atoms with Gasteiger partial charge >= 0.3 is 0 Å². The highest BCUT2D eigenvalue weighted by molar-refractivity contribution is 7.09. The van der Waals surface area contributed by atoms with Crippen molar-refractivity contribution >= 4 is 11.3 Å². The Morgan fingerprint density at radius 3 is 3.00 bits per heavy atom. The minimum absolute atomic E-state index is 0.555. The lowest BCUT2D eigenvalue weighted by atomic mass is 10.2. The Labute approximate surface area is 115 Å². The largest absolute Gasteiger partial charge is 0.382 e. The average Bonchev–Trinajstić information content (AvgIpc) is 2.86. The molecule has 1 N–H and O–H groups in total. The molecule has 1 rings (SSSR count). The lowest BCUT2D eigenvalue weighted by Crippen LogP contribution is -2.37. The summed E-state index contributed by atoms with van der Waals surface area (Å²) in [5, 5.41) is 5.63. The summed E-state index contributed by atoms with van der Waals surface area (Å²) in [7, 11) is 2.19. The van der Waals surface area contributed by atoms with Crippen molar-refractivity contribution < 1.29 is 4.74 Å². The van der Waals surface area contributed by atoms with Crippen LogP contribution in [0.3, 0.4) is 0 Å². The Morgan fingerprint density at radius 1 is 1.50 bits per heavy atom. The summed E-state index contributed by atoms with van der Waals surface area (Å²) in [4.78, 5) is 3.82. The van der Waals surface area contributed by atoms with Gasteiger partial charge in [-0.05, 0) is 45.3 Å². The number of likely N-dealkylation sites (N-methyl/N-ethyl adjacent to an activating group) is 1. The number of hydrogen-bond acceptors (Lipinski definition) is 4. The molecule has 4 heteroatoms. The molecule has 0 spiro atoms. The van der Waals surface area contributed by atoms with Gasteiger partial charge in [0.25, 0.3) is 0 Å². The lowest BCUT2D eigenvalue weighted by molar-refractivity contribution is 0.144. The first-order valence-electron chi connectivity index (χ1n) is 6.75. The van der Waals surface area contributed by atoms with Crippen LogP contribution in [0.15, 0.2) is 17.5 Å².